The average Bonchev–Trinajstić information content (AvgIpc) is 3.24. The summed E-state index contributed by atoms with van der Waals surface area (Å²) in [7, 11) is 5.04. The van der Waals surface area contributed by atoms with Gasteiger partial charge in [0.1, 0.15) is 17.9 Å². The Morgan fingerprint density at radius 1 is 1.09 bits per heavy atom. The largest absolute Gasteiger partial charge is 0.348 e. The van der Waals surface area contributed by atoms with Crippen molar-refractivity contribution < 1.29 is 28.9 Å². The molecule has 33 heavy (non-hydrogen) atoms. The highest BCUT2D eigenvalue weighted by Crippen LogP contribution is 2.35. The molecule has 1 aromatic carbocycles. The summed E-state index contributed by atoms with van der Waals surface area (Å²) in [6, 6.07) is 4.84. The van der Waals surface area contributed by atoms with Gasteiger partial charge in [-0.1, -0.05) is 6.07 Å². The molecule has 0 spiro atoms. The number of quaternary nitrogens is 1. The van der Waals surface area contributed by atoms with E-state index in [1.54, 1.807) is 32.1 Å². The molecule has 0 radical (unpaired) electrons. The molecule has 3 rings (SSSR count). The minimum atomic E-state index is -1.02. The zero-order chi connectivity index (χ0) is 24.3. The molecule has 182 valence electrons. The molecule has 3 atom stereocenters. The summed E-state index contributed by atoms with van der Waals surface area (Å²) in [6.45, 7) is 0.419. The van der Waals surface area contributed by atoms with Gasteiger partial charge in [-0.3, -0.25) is 14.4 Å². The Kier molecular flexibility index (Phi) is 8.05. The first-order chi connectivity index (χ1) is 15.6. The van der Waals surface area contributed by atoms with Gasteiger partial charge in [0.2, 0.25) is 5.91 Å². The Morgan fingerprint density at radius 2 is 1.76 bits per heavy atom. The lowest BCUT2D eigenvalue weighted by Crippen LogP contribution is -2.73. The van der Waals surface area contributed by atoms with Gasteiger partial charge in [-0.2, -0.15) is 0 Å². The lowest BCUT2D eigenvalue weighted by molar-refractivity contribution is -0.418. The van der Waals surface area contributed by atoms with E-state index in [1.807, 2.05) is 0 Å². The number of rotatable bonds is 6. The van der Waals surface area contributed by atoms with Crippen LogP contribution in [0.5, 0.6) is 0 Å². The topological polar surface area (TPSA) is 88.6 Å². The Hall–Kier alpha value is -2.55. The summed E-state index contributed by atoms with van der Waals surface area (Å²) < 4.78 is 27.2. The van der Waals surface area contributed by atoms with Gasteiger partial charge < -0.3 is 20.4 Å². The van der Waals surface area contributed by atoms with E-state index < -0.39 is 23.9 Å². The van der Waals surface area contributed by atoms with Gasteiger partial charge in [-0.25, -0.2) is 8.78 Å². The number of likely N-dealkylation sites (tertiary alicyclic amines) is 1. The van der Waals surface area contributed by atoms with E-state index in [9.17, 15) is 23.2 Å². The minimum absolute atomic E-state index is 0.0306. The van der Waals surface area contributed by atoms with Crippen LogP contribution in [0.2, 0.25) is 0 Å². The van der Waals surface area contributed by atoms with Crippen molar-refractivity contribution in [3.8, 4) is 0 Å². The SMILES string of the molecule is CN(C)C(=O)[C@@H](C1CCC(N(C)C(=O)c2cccc(F)c2)CC1)[C@H]([NH3+])C(=O)N1CC[C@H](F)C1. The van der Waals surface area contributed by atoms with E-state index in [-0.39, 0.29) is 36.2 Å². The van der Waals surface area contributed by atoms with E-state index in [0.29, 0.717) is 44.2 Å². The molecule has 1 aliphatic carbocycles. The Morgan fingerprint density at radius 3 is 2.30 bits per heavy atom. The maximum absolute atomic E-state index is 13.6. The standard InChI is InChI=1S/C24H34F2N4O3/c1-28(2)23(32)20(21(27)24(33)30-12-11-18(26)14-30)15-7-9-19(10-8-15)29(3)22(31)16-5-4-6-17(25)13-16/h4-6,13,15,18-21H,7-12,14,27H2,1-3H3/p+1/t15?,18-,19?,20-,21-/m0/s1. The second-order valence-electron chi connectivity index (χ2n) is 9.53. The predicted octanol–water partition coefficient (Wildman–Crippen LogP) is 1.34. The van der Waals surface area contributed by atoms with Crippen LogP contribution in [0, 0.1) is 17.7 Å². The first kappa shape index (κ1) is 25.1. The average molecular weight is 466 g/mol. The van der Waals surface area contributed by atoms with Crippen molar-refractivity contribution >= 4 is 17.7 Å². The van der Waals surface area contributed by atoms with E-state index in [1.165, 1.54) is 28.0 Å². The molecule has 0 aromatic heterocycles. The van der Waals surface area contributed by atoms with E-state index in [0.717, 1.165) is 0 Å². The molecule has 0 unspecified atom stereocenters. The highest BCUT2D eigenvalue weighted by molar-refractivity contribution is 5.94. The van der Waals surface area contributed by atoms with Crippen molar-refractivity contribution in [2.24, 2.45) is 11.8 Å². The third-order valence-electron chi connectivity index (χ3n) is 7.11. The van der Waals surface area contributed by atoms with Crippen LogP contribution < -0.4 is 5.73 Å². The van der Waals surface area contributed by atoms with Gasteiger partial charge >= 0.3 is 0 Å². The summed E-state index contributed by atoms with van der Waals surface area (Å²) in [5, 5.41) is 0. The summed E-state index contributed by atoms with van der Waals surface area (Å²) in [6.07, 6.45) is 1.99. The first-order valence-electron chi connectivity index (χ1n) is 11.6. The zero-order valence-corrected chi connectivity index (χ0v) is 19.7. The Labute approximate surface area is 193 Å². The van der Waals surface area contributed by atoms with Crippen molar-refractivity contribution in [1.82, 2.24) is 14.7 Å². The first-order valence-corrected chi connectivity index (χ1v) is 11.6. The zero-order valence-electron chi connectivity index (χ0n) is 19.7. The van der Waals surface area contributed by atoms with Crippen LogP contribution in [0.4, 0.5) is 8.78 Å². The Bertz CT molecular complexity index is 873. The molecule has 3 N–H and O–H groups in total. The number of nitrogens with zero attached hydrogens (tertiary/aromatic N) is 3. The molecular weight excluding hydrogens is 430 g/mol. The number of hydrogen-bond donors (Lipinski definition) is 1. The lowest BCUT2D eigenvalue weighted by atomic mass is 9.74. The highest BCUT2D eigenvalue weighted by atomic mass is 19.1. The second kappa shape index (κ2) is 10.6. The molecule has 1 aliphatic heterocycles. The van der Waals surface area contributed by atoms with Crippen molar-refractivity contribution in [3.63, 3.8) is 0 Å². The van der Waals surface area contributed by atoms with Crippen molar-refractivity contribution in [3.05, 3.63) is 35.6 Å². The molecule has 1 saturated carbocycles. The van der Waals surface area contributed by atoms with Gasteiger partial charge in [0.05, 0.1) is 6.54 Å². The molecule has 1 heterocycles. The number of halogens is 2. The van der Waals surface area contributed by atoms with Crippen LogP contribution in [-0.2, 0) is 9.59 Å². The molecule has 9 heteroatoms. The second-order valence-corrected chi connectivity index (χ2v) is 9.53. The molecule has 0 bridgehead atoms. The van der Waals surface area contributed by atoms with E-state index in [2.05, 4.69) is 5.73 Å². The minimum Gasteiger partial charge on any atom is -0.348 e. The maximum atomic E-state index is 13.6. The third kappa shape index (κ3) is 5.69. The fourth-order valence-electron chi connectivity index (χ4n) is 5.15. The number of hydrogen-bond acceptors (Lipinski definition) is 3. The molecule has 1 aromatic rings. The fraction of sp³-hybridized carbons (Fsp3) is 0.625. The van der Waals surface area contributed by atoms with Crippen molar-refractivity contribution in [2.45, 2.75) is 50.4 Å². The van der Waals surface area contributed by atoms with Crippen LogP contribution in [0.3, 0.4) is 0 Å². The van der Waals surface area contributed by atoms with E-state index in [4.69, 9.17) is 0 Å². The monoisotopic (exact) mass is 465 g/mol. The summed E-state index contributed by atoms with van der Waals surface area (Å²) in [5.74, 6) is -1.74. The number of carbonyl (C=O) groups is 3. The summed E-state index contributed by atoms with van der Waals surface area (Å²) in [5.41, 5.74) is 4.36. The van der Waals surface area contributed by atoms with Crippen LogP contribution in [0.15, 0.2) is 24.3 Å². The fourth-order valence-corrected chi connectivity index (χ4v) is 5.15. The smallest absolute Gasteiger partial charge is 0.281 e. The summed E-state index contributed by atoms with van der Waals surface area (Å²) in [4.78, 5) is 43.4. The quantitative estimate of drug-likeness (QED) is 0.688. The number of benzene rings is 1. The van der Waals surface area contributed by atoms with Crippen molar-refractivity contribution in [2.75, 3.05) is 34.2 Å². The highest BCUT2D eigenvalue weighted by Gasteiger charge is 2.45. The number of amides is 3. The van der Waals surface area contributed by atoms with Gasteiger partial charge in [0.25, 0.3) is 11.8 Å². The number of carbonyl (C=O) groups excluding carboxylic acids is 3. The molecule has 3 amide bonds. The molecule has 7 nitrogen and oxygen atoms in total. The lowest BCUT2D eigenvalue weighted by Gasteiger charge is -2.38. The maximum Gasteiger partial charge on any atom is 0.281 e. The number of alkyl halides is 1. The normalized spacial score (nSPS) is 24.8. The van der Waals surface area contributed by atoms with Gasteiger partial charge in [0, 0.05) is 39.3 Å². The van der Waals surface area contributed by atoms with Crippen LogP contribution >= 0.6 is 0 Å². The van der Waals surface area contributed by atoms with Gasteiger partial charge in [-0.05, 0) is 56.2 Å². The summed E-state index contributed by atoms with van der Waals surface area (Å²) >= 11 is 0. The van der Waals surface area contributed by atoms with Gasteiger partial charge in [0.15, 0.2) is 6.04 Å². The Balaban J connectivity index is 1.67. The van der Waals surface area contributed by atoms with E-state index >= 15 is 0 Å². The predicted molar refractivity (Wildman–Crippen MR) is 119 cm³/mol. The van der Waals surface area contributed by atoms with Crippen LogP contribution in [0.25, 0.3) is 0 Å². The molecular formula is C24H35F2N4O3+. The molecule has 1 saturated heterocycles. The van der Waals surface area contributed by atoms with Gasteiger partial charge in [-0.15, -0.1) is 0 Å². The van der Waals surface area contributed by atoms with Crippen LogP contribution in [-0.4, -0.2) is 84.9 Å². The van der Waals surface area contributed by atoms with Crippen molar-refractivity contribution in [1.29, 1.82) is 0 Å². The molecule has 2 aliphatic rings. The third-order valence-corrected chi connectivity index (χ3v) is 7.11. The van der Waals surface area contributed by atoms with Crippen LogP contribution in [0.1, 0.15) is 42.5 Å². The molecule has 2 fully saturated rings.